The molecule has 0 aliphatic rings. The summed E-state index contributed by atoms with van der Waals surface area (Å²) >= 11 is 0. The number of fused-ring (bicyclic) bond motifs is 1. The lowest BCUT2D eigenvalue weighted by atomic mass is 10.1. The summed E-state index contributed by atoms with van der Waals surface area (Å²) < 4.78 is 5.24. The van der Waals surface area contributed by atoms with Crippen molar-refractivity contribution in [2.24, 2.45) is 0 Å². The van der Waals surface area contributed by atoms with Crippen LogP contribution in [0.2, 0.25) is 0 Å². The molecular formula is C14H14O2. The molecule has 0 amide bonds. The van der Waals surface area contributed by atoms with E-state index in [0.717, 1.165) is 5.39 Å². The molecule has 0 bridgehead atoms. The lowest BCUT2D eigenvalue weighted by Gasteiger charge is -1.99. The van der Waals surface area contributed by atoms with Crippen LogP contribution in [0.15, 0.2) is 51.2 Å². The van der Waals surface area contributed by atoms with Crippen LogP contribution in [0, 0.1) is 0 Å². The third-order valence-corrected chi connectivity index (χ3v) is 2.44. The molecule has 0 unspecified atom stereocenters. The Bertz CT molecular complexity index is 587. The van der Waals surface area contributed by atoms with Crippen molar-refractivity contribution in [2.75, 3.05) is 0 Å². The summed E-state index contributed by atoms with van der Waals surface area (Å²) in [4.78, 5) is 11.6. The molecule has 0 radical (unpaired) electrons. The second-order valence-electron chi connectivity index (χ2n) is 4.08. The van der Waals surface area contributed by atoms with E-state index in [9.17, 15) is 4.79 Å². The highest BCUT2D eigenvalue weighted by Crippen LogP contribution is 2.13. The van der Waals surface area contributed by atoms with Gasteiger partial charge in [-0.2, -0.15) is 0 Å². The Morgan fingerprint density at radius 1 is 1.31 bits per heavy atom. The van der Waals surface area contributed by atoms with Gasteiger partial charge < -0.3 is 4.42 Å². The lowest BCUT2D eigenvalue weighted by Crippen LogP contribution is -2.05. The smallest absolute Gasteiger partial charge is 0.339 e. The number of para-hydroxylation sites is 1. The molecule has 2 heteroatoms. The maximum Gasteiger partial charge on any atom is 0.339 e. The summed E-state index contributed by atoms with van der Waals surface area (Å²) in [5.41, 5.74) is 2.32. The fraction of sp³-hybridized carbons (Fsp3) is 0.214. The van der Waals surface area contributed by atoms with E-state index >= 15 is 0 Å². The van der Waals surface area contributed by atoms with Crippen LogP contribution in [0.25, 0.3) is 11.0 Å². The molecule has 0 saturated carbocycles. The number of rotatable bonds is 2. The highest BCUT2D eigenvalue weighted by Gasteiger charge is 2.02. The second-order valence-corrected chi connectivity index (χ2v) is 4.08. The Morgan fingerprint density at radius 3 is 2.81 bits per heavy atom. The summed E-state index contributed by atoms with van der Waals surface area (Å²) in [6.07, 6.45) is 2.66. The van der Waals surface area contributed by atoms with Gasteiger partial charge in [0.1, 0.15) is 5.58 Å². The summed E-state index contributed by atoms with van der Waals surface area (Å²) in [5.74, 6) is 0. The molecule has 0 saturated heterocycles. The first-order valence-electron chi connectivity index (χ1n) is 5.32. The molecule has 0 atom stereocenters. The maximum absolute atomic E-state index is 11.6. The van der Waals surface area contributed by atoms with Gasteiger partial charge in [0.15, 0.2) is 0 Å². The van der Waals surface area contributed by atoms with Gasteiger partial charge in [-0.3, -0.25) is 0 Å². The van der Waals surface area contributed by atoms with Crippen molar-refractivity contribution < 1.29 is 4.42 Å². The molecule has 2 rings (SSSR count). The van der Waals surface area contributed by atoms with Gasteiger partial charge in [0, 0.05) is 10.9 Å². The second kappa shape index (κ2) is 4.35. The third kappa shape index (κ3) is 2.22. The van der Waals surface area contributed by atoms with Crippen LogP contribution >= 0.6 is 0 Å². The Balaban J connectivity index is 2.50. The standard InChI is InChI=1S/C14H14O2/c1-10(2)7-8-12-9-11-5-3-4-6-13(11)16-14(12)15/h3-7,9H,8H2,1-2H3. The van der Waals surface area contributed by atoms with Crippen molar-refractivity contribution in [3.8, 4) is 0 Å². The van der Waals surface area contributed by atoms with E-state index in [1.165, 1.54) is 5.57 Å². The molecular weight excluding hydrogens is 200 g/mol. The summed E-state index contributed by atoms with van der Waals surface area (Å²) in [7, 11) is 0. The number of benzene rings is 1. The predicted octanol–water partition coefficient (Wildman–Crippen LogP) is 3.30. The van der Waals surface area contributed by atoms with Crippen LogP contribution in [-0.4, -0.2) is 0 Å². The fourth-order valence-corrected chi connectivity index (χ4v) is 1.56. The van der Waals surface area contributed by atoms with Crippen molar-refractivity contribution in [2.45, 2.75) is 20.3 Å². The molecule has 0 aliphatic carbocycles. The van der Waals surface area contributed by atoms with E-state index in [-0.39, 0.29) is 5.63 Å². The number of hydrogen-bond acceptors (Lipinski definition) is 2. The van der Waals surface area contributed by atoms with E-state index in [0.29, 0.717) is 17.6 Å². The van der Waals surface area contributed by atoms with Crippen LogP contribution in [0.1, 0.15) is 19.4 Å². The Hall–Kier alpha value is -1.83. The van der Waals surface area contributed by atoms with E-state index in [1.54, 1.807) is 6.07 Å². The van der Waals surface area contributed by atoms with Crippen molar-refractivity contribution >= 4 is 11.0 Å². The minimum atomic E-state index is -0.240. The number of allylic oxidation sites excluding steroid dienone is 2. The normalized spacial score (nSPS) is 10.4. The van der Waals surface area contributed by atoms with Crippen molar-refractivity contribution in [1.29, 1.82) is 0 Å². The monoisotopic (exact) mass is 214 g/mol. The van der Waals surface area contributed by atoms with Gasteiger partial charge in [-0.1, -0.05) is 29.8 Å². The quantitative estimate of drug-likeness (QED) is 0.567. The summed E-state index contributed by atoms with van der Waals surface area (Å²) in [6, 6.07) is 9.46. The minimum absolute atomic E-state index is 0.240. The van der Waals surface area contributed by atoms with Crippen molar-refractivity contribution in [3.05, 3.63) is 58.0 Å². The average molecular weight is 214 g/mol. The fourth-order valence-electron chi connectivity index (χ4n) is 1.56. The minimum Gasteiger partial charge on any atom is -0.423 e. The molecule has 0 N–H and O–H groups in total. The average Bonchev–Trinajstić information content (AvgIpc) is 2.26. The zero-order chi connectivity index (χ0) is 11.5. The van der Waals surface area contributed by atoms with E-state index < -0.39 is 0 Å². The molecule has 0 aliphatic heterocycles. The molecule has 0 spiro atoms. The molecule has 2 nitrogen and oxygen atoms in total. The zero-order valence-corrected chi connectivity index (χ0v) is 9.49. The van der Waals surface area contributed by atoms with Crippen LogP contribution < -0.4 is 5.63 Å². The van der Waals surface area contributed by atoms with E-state index in [4.69, 9.17) is 4.42 Å². The van der Waals surface area contributed by atoms with Gasteiger partial charge in [-0.25, -0.2) is 4.79 Å². The zero-order valence-electron chi connectivity index (χ0n) is 9.49. The molecule has 1 heterocycles. The highest BCUT2D eigenvalue weighted by atomic mass is 16.4. The van der Waals surface area contributed by atoms with Gasteiger partial charge in [0.2, 0.25) is 0 Å². The number of hydrogen-bond donors (Lipinski definition) is 0. The van der Waals surface area contributed by atoms with E-state index in [2.05, 4.69) is 0 Å². The van der Waals surface area contributed by atoms with E-state index in [1.807, 2.05) is 44.2 Å². The first-order valence-corrected chi connectivity index (χ1v) is 5.32. The molecule has 0 fully saturated rings. The molecule has 1 aromatic carbocycles. The molecule has 2 aromatic rings. The first-order chi connectivity index (χ1) is 7.66. The van der Waals surface area contributed by atoms with Crippen LogP contribution in [0.5, 0.6) is 0 Å². The van der Waals surface area contributed by atoms with Gasteiger partial charge in [0.05, 0.1) is 0 Å². The van der Waals surface area contributed by atoms with Crippen LogP contribution in [0.3, 0.4) is 0 Å². The van der Waals surface area contributed by atoms with Crippen LogP contribution in [-0.2, 0) is 6.42 Å². The van der Waals surface area contributed by atoms with Crippen molar-refractivity contribution in [3.63, 3.8) is 0 Å². The Kier molecular flexibility index (Phi) is 2.91. The first kappa shape index (κ1) is 10.7. The predicted molar refractivity (Wildman–Crippen MR) is 65.6 cm³/mol. The Labute approximate surface area is 94.2 Å². The Morgan fingerprint density at radius 2 is 2.06 bits per heavy atom. The summed E-state index contributed by atoms with van der Waals surface area (Å²) in [6.45, 7) is 4.03. The summed E-state index contributed by atoms with van der Waals surface area (Å²) in [5, 5.41) is 0.972. The largest absolute Gasteiger partial charge is 0.423 e. The van der Waals surface area contributed by atoms with Gasteiger partial charge >= 0.3 is 5.63 Å². The highest BCUT2D eigenvalue weighted by molar-refractivity contribution is 5.76. The lowest BCUT2D eigenvalue weighted by molar-refractivity contribution is 0.553. The van der Waals surface area contributed by atoms with Gasteiger partial charge in [0.25, 0.3) is 0 Å². The maximum atomic E-state index is 11.6. The van der Waals surface area contributed by atoms with Gasteiger partial charge in [-0.15, -0.1) is 0 Å². The molecule has 1 aromatic heterocycles. The third-order valence-electron chi connectivity index (χ3n) is 2.44. The topological polar surface area (TPSA) is 30.2 Å². The SMILES string of the molecule is CC(C)=CCc1cc2ccccc2oc1=O. The molecule has 82 valence electrons. The molecule has 16 heavy (non-hydrogen) atoms. The van der Waals surface area contributed by atoms with Gasteiger partial charge in [-0.05, 0) is 32.4 Å². The van der Waals surface area contributed by atoms with Crippen molar-refractivity contribution in [1.82, 2.24) is 0 Å². The van der Waals surface area contributed by atoms with Crippen LogP contribution in [0.4, 0.5) is 0 Å².